The average molecular weight is 169 g/mol. The third kappa shape index (κ3) is 0.832. The van der Waals surface area contributed by atoms with Gasteiger partial charge in [0.2, 0.25) is 0 Å². The molecule has 0 spiro atoms. The highest BCUT2D eigenvalue weighted by atomic mass is 32.1. The van der Waals surface area contributed by atoms with Crippen molar-refractivity contribution < 1.29 is 5.52 Å². The van der Waals surface area contributed by atoms with E-state index in [1.165, 1.54) is 0 Å². The smallest absolute Gasteiger partial charge is 0.156 e. The largest absolute Gasteiger partial charge is 0.396 e. The Balaban J connectivity index is 2.94. The maximum atomic E-state index is 7.55. The van der Waals surface area contributed by atoms with E-state index >= 15 is 0 Å². The molecule has 0 fully saturated rings. The van der Waals surface area contributed by atoms with Crippen LogP contribution in [0.1, 0.15) is 4.11 Å². The average Bonchev–Trinajstić information content (AvgIpc) is 2.47. The Kier molecular flexibility index (Phi) is 0.649. The molecule has 3 nitrogen and oxygen atoms in total. The molecular weight excluding hydrogens is 158 g/mol. The lowest BCUT2D eigenvalue weighted by molar-refractivity contribution is 1.43. The summed E-state index contributed by atoms with van der Waals surface area (Å²) in [5, 5.41) is 0.0546. The second-order valence-corrected chi connectivity index (χ2v) is 2.84. The number of aromatic nitrogens is 1. The van der Waals surface area contributed by atoms with Gasteiger partial charge in [0, 0.05) is 0 Å². The van der Waals surface area contributed by atoms with Gasteiger partial charge in [-0.2, -0.15) is 0 Å². The molecule has 0 atom stereocenters. The molecule has 0 saturated heterocycles. The first-order valence-electron chi connectivity index (χ1n) is 4.89. The predicted octanol–water partition coefficient (Wildman–Crippen LogP) is 1.46. The number of pyridine rings is 1. The number of nitrogen functional groups attached to an aromatic ring is 2. The van der Waals surface area contributed by atoms with Crippen LogP contribution in [-0.2, 0) is 0 Å². The van der Waals surface area contributed by atoms with E-state index in [2.05, 4.69) is 10.7 Å². The highest BCUT2D eigenvalue weighted by Crippen LogP contribution is 2.28. The van der Waals surface area contributed by atoms with Crippen molar-refractivity contribution in [3.63, 3.8) is 0 Å². The second kappa shape index (κ2) is 2.10. The summed E-state index contributed by atoms with van der Waals surface area (Å²) in [5.74, 6) is 0. The van der Waals surface area contributed by atoms with Crippen molar-refractivity contribution in [1.29, 1.82) is 0 Å². The summed E-state index contributed by atoms with van der Waals surface area (Å²) in [7, 11) is 0. The summed E-state index contributed by atoms with van der Waals surface area (Å²) in [6, 6.07) is -0.0278. The van der Waals surface area contributed by atoms with Crippen LogP contribution >= 0.6 is 11.3 Å². The lowest BCUT2D eigenvalue weighted by Crippen LogP contribution is -1.94. The topological polar surface area (TPSA) is 64.9 Å². The van der Waals surface area contributed by atoms with Crippen LogP contribution < -0.4 is 11.5 Å². The minimum absolute atomic E-state index is 0.0278. The molecule has 0 aliphatic heterocycles. The van der Waals surface area contributed by atoms with Crippen molar-refractivity contribution in [2.45, 2.75) is 0 Å². The van der Waals surface area contributed by atoms with Gasteiger partial charge < -0.3 is 11.5 Å². The summed E-state index contributed by atoms with van der Waals surface area (Å²) >= 11 is 1.02. The maximum absolute atomic E-state index is 7.55. The van der Waals surface area contributed by atoms with Crippen LogP contribution in [0.3, 0.4) is 0 Å². The number of anilines is 2. The van der Waals surface area contributed by atoms with Gasteiger partial charge in [0.1, 0.15) is 0 Å². The fourth-order valence-corrected chi connectivity index (χ4v) is 1.43. The monoisotopic (exact) mass is 169 g/mol. The second-order valence-electron chi connectivity index (χ2n) is 2.02. The van der Waals surface area contributed by atoms with E-state index in [0.29, 0.717) is 4.70 Å². The first kappa shape index (κ1) is 3.40. The number of fused-ring (bicyclic) bond motifs is 1. The zero-order valence-electron chi connectivity index (χ0n) is 9.43. The normalized spacial score (nSPS) is 15.3. The fourth-order valence-electron chi connectivity index (χ4n) is 0.772. The first-order valence-corrected chi connectivity index (χ1v) is 3.71. The third-order valence-corrected chi connectivity index (χ3v) is 2.13. The Bertz CT molecular complexity index is 539. The van der Waals surface area contributed by atoms with Gasteiger partial charge in [0.25, 0.3) is 0 Å². The van der Waals surface area contributed by atoms with Gasteiger partial charge in [-0.15, -0.1) is 11.3 Å². The van der Waals surface area contributed by atoms with Crippen LogP contribution in [0.15, 0.2) is 17.6 Å². The predicted molar refractivity (Wildman–Crippen MR) is 48.4 cm³/mol. The van der Waals surface area contributed by atoms with Crippen LogP contribution in [0.25, 0.3) is 10.2 Å². The summed E-state index contributed by atoms with van der Waals surface area (Å²) in [6.07, 6.45) is -0.177. The molecule has 2 rings (SSSR count). The van der Waals surface area contributed by atoms with Crippen molar-refractivity contribution in [1.82, 2.24) is 4.98 Å². The van der Waals surface area contributed by atoms with Crippen LogP contribution in [-0.4, -0.2) is 4.98 Å². The van der Waals surface area contributed by atoms with Gasteiger partial charge in [-0.25, -0.2) is 0 Å². The highest BCUT2D eigenvalue weighted by molar-refractivity contribution is 7.17. The standard InChI is InChI=1S/C7H7N3S/c8-4-3-10-5-1-2-11-7(5)6(4)9/h1-3H,8H2,(H2,9,10)/i1D,2D,3D/hD. The molecule has 0 aromatic carbocycles. The van der Waals surface area contributed by atoms with Gasteiger partial charge >= 0.3 is 0 Å². The minimum atomic E-state index is -0.177. The molecule has 0 amide bonds. The van der Waals surface area contributed by atoms with Crippen molar-refractivity contribution in [3.05, 3.63) is 17.6 Å². The summed E-state index contributed by atoms with van der Waals surface area (Å²) < 4.78 is 30.0. The minimum Gasteiger partial charge on any atom is -0.396 e. The van der Waals surface area contributed by atoms with Crippen molar-refractivity contribution in [3.8, 4) is 0 Å². The lowest BCUT2D eigenvalue weighted by atomic mass is 10.3. The lowest BCUT2D eigenvalue weighted by Gasteiger charge is -1.98. The number of thiophene rings is 1. The van der Waals surface area contributed by atoms with Crippen molar-refractivity contribution >= 4 is 32.9 Å². The summed E-state index contributed by atoms with van der Waals surface area (Å²) in [5.41, 5.74) is 8.27. The Morgan fingerprint density at radius 2 is 2.64 bits per heavy atom. The van der Waals surface area contributed by atoms with E-state index in [-0.39, 0.29) is 34.5 Å². The molecule has 2 heterocycles. The van der Waals surface area contributed by atoms with Crippen molar-refractivity contribution in [2.75, 3.05) is 11.5 Å². The summed E-state index contributed by atoms with van der Waals surface area (Å²) in [6.45, 7) is 0. The van der Waals surface area contributed by atoms with Crippen LogP contribution in [0.4, 0.5) is 11.4 Å². The van der Waals surface area contributed by atoms with Gasteiger partial charge in [-0.05, 0) is 11.4 Å². The van der Waals surface area contributed by atoms with Gasteiger partial charge in [-0.3, -0.25) is 4.98 Å². The van der Waals surface area contributed by atoms with Crippen LogP contribution in [0, 0.1) is 0 Å². The van der Waals surface area contributed by atoms with E-state index in [1.54, 1.807) is 0 Å². The Hall–Kier alpha value is -1.29. The van der Waals surface area contributed by atoms with Gasteiger partial charge in [0.05, 0.1) is 31.9 Å². The molecule has 2 aromatic heterocycles. The maximum Gasteiger partial charge on any atom is 0.156 e. The Labute approximate surface area is 73.3 Å². The molecule has 0 unspecified atom stereocenters. The first-order chi connectivity index (χ1) is 7.06. The van der Waals surface area contributed by atoms with Crippen molar-refractivity contribution in [2.24, 2.45) is 0 Å². The number of rotatable bonds is 1. The van der Waals surface area contributed by atoms with Gasteiger partial charge in [-0.1, -0.05) is 0 Å². The van der Waals surface area contributed by atoms with Crippen LogP contribution in [0.2, 0.25) is 1.41 Å². The Morgan fingerprint density at radius 1 is 1.73 bits per heavy atom. The quantitative estimate of drug-likeness (QED) is 0.679. The van der Waals surface area contributed by atoms with Gasteiger partial charge in [0.15, 0.2) is 1.41 Å². The third-order valence-electron chi connectivity index (χ3n) is 1.32. The molecular formula is C7H7N3S. The number of nitrogens with two attached hydrogens (primary N) is 2. The fraction of sp³-hybridized carbons (Fsp3) is 0. The van der Waals surface area contributed by atoms with Crippen LogP contribution in [0.5, 0.6) is 0 Å². The number of hydrogen-bond donors (Lipinski definition) is 2. The van der Waals surface area contributed by atoms with E-state index in [1.807, 2.05) is 0 Å². The zero-order chi connectivity index (χ0) is 11.2. The van der Waals surface area contributed by atoms with E-state index < -0.39 is 0 Å². The Morgan fingerprint density at radius 3 is 3.45 bits per heavy atom. The van der Waals surface area contributed by atoms with E-state index in [0.717, 1.165) is 11.3 Å². The SMILES string of the molecule is [2H]Nc1c(N)c([2H])nc2c([2H])c([2H])sc12. The molecule has 0 bridgehead atoms. The van der Waals surface area contributed by atoms with E-state index in [4.69, 9.17) is 11.3 Å². The molecule has 4 N–H and O–H groups in total. The molecule has 11 heavy (non-hydrogen) atoms. The van der Waals surface area contributed by atoms with E-state index in [9.17, 15) is 0 Å². The molecule has 0 aliphatic rings. The number of hydrogen-bond acceptors (Lipinski definition) is 4. The summed E-state index contributed by atoms with van der Waals surface area (Å²) in [4.78, 5) is 3.83. The molecule has 0 radical (unpaired) electrons. The zero-order valence-corrected chi connectivity index (χ0v) is 6.25. The molecule has 2 aromatic rings. The molecule has 4 heteroatoms. The molecule has 0 aliphatic carbocycles. The molecule has 0 saturated carbocycles. The molecule has 56 valence electrons. The highest BCUT2D eigenvalue weighted by Gasteiger charge is 2.02. The number of nitrogens with zero attached hydrogens (tertiary/aromatic N) is 1.